The molecular weight excluding hydrogens is 291 g/mol. The molecule has 0 saturated heterocycles. The molecule has 0 heterocycles. The fourth-order valence-corrected chi connectivity index (χ4v) is 1.48. The van der Waals surface area contributed by atoms with Crippen molar-refractivity contribution in [3.63, 3.8) is 0 Å². The SMILES string of the molecule is COc1cc(F)ccc1OC(=O)CCC(=O)OCC=C(C)C. The van der Waals surface area contributed by atoms with E-state index in [0.717, 1.165) is 17.7 Å². The molecule has 0 aliphatic carbocycles. The maximum Gasteiger partial charge on any atom is 0.311 e. The molecule has 1 rings (SSSR count). The van der Waals surface area contributed by atoms with E-state index in [4.69, 9.17) is 14.2 Å². The Morgan fingerprint density at radius 1 is 1.14 bits per heavy atom. The minimum atomic E-state index is -0.621. The zero-order valence-corrected chi connectivity index (χ0v) is 12.8. The quantitative estimate of drug-likeness (QED) is 0.440. The lowest BCUT2D eigenvalue weighted by atomic mass is 10.3. The summed E-state index contributed by atoms with van der Waals surface area (Å²) in [7, 11) is 1.34. The number of benzene rings is 1. The molecule has 22 heavy (non-hydrogen) atoms. The van der Waals surface area contributed by atoms with Gasteiger partial charge in [-0.1, -0.05) is 5.57 Å². The van der Waals surface area contributed by atoms with Crippen LogP contribution in [0.3, 0.4) is 0 Å². The summed E-state index contributed by atoms with van der Waals surface area (Å²) in [4.78, 5) is 23.1. The van der Waals surface area contributed by atoms with E-state index in [0.29, 0.717) is 0 Å². The number of esters is 2. The van der Waals surface area contributed by atoms with Gasteiger partial charge < -0.3 is 14.2 Å². The van der Waals surface area contributed by atoms with E-state index in [9.17, 15) is 14.0 Å². The van der Waals surface area contributed by atoms with Gasteiger partial charge in [0.2, 0.25) is 0 Å². The maximum atomic E-state index is 13.0. The first-order valence-corrected chi connectivity index (χ1v) is 6.75. The van der Waals surface area contributed by atoms with Gasteiger partial charge in [0.25, 0.3) is 0 Å². The lowest BCUT2D eigenvalue weighted by molar-refractivity contribution is -0.146. The predicted octanol–water partition coefficient (Wildman–Crippen LogP) is 3.03. The minimum Gasteiger partial charge on any atom is -0.493 e. The van der Waals surface area contributed by atoms with Crippen molar-refractivity contribution in [3.8, 4) is 11.5 Å². The zero-order valence-electron chi connectivity index (χ0n) is 12.8. The number of methoxy groups -OCH3 is 1. The summed E-state index contributed by atoms with van der Waals surface area (Å²) in [6.45, 7) is 3.96. The standard InChI is InChI=1S/C16H19FO5/c1-11(2)8-9-21-15(18)6-7-16(19)22-13-5-4-12(17)10-14(13)20-3/h4-5,8,10H,6-7,9H2,1-3H3. The normalized spacial score (nSPS) is 9.82. The van der Waals surface area contributed by atoms with Crippen LogP contribution in [-0.2, 0) is 14.3 Å². The third kappa shape index (κ3) is 6.39. The molecule has 1 aromatic carbocycles. The second-order valence-electron chi connectivity index (χ2n) is 4.73. The van der Waals surface area contributed by atoms with Crippen LogP contribution >= 0.6 is 0 Å². The Morgan fingerprint density at radius 2 is 1.82 bits per heavy atom. The molecule has 0 bridgehead atoms. The van der Waals surface area contributed by atoms with E-state index >= 15 is 0 Å². The van der Waals surface area contributed by atoms with Crippen LogP contribution in [0.4, 0.5) is 4.39 Å². The summed E-state index contributed by atoms with van der Waals surface area (Å²) in [5.74, 6) is -1.39. The number of rotatable bonds is 7. The molecule has 1 aromatic rings. The first-order chi connectivity index (χ1) is 10.4. The Bertz CT molecular complexity index is 562. The smallest absolute Gasteiger partial charge is 0.311 e. The molecule has 6 heteroatoms. The average molecular weight is 310 g/mol. The molecular formula is C16H19FO5. The number of halogens is 1. The number of carbonyl (C=O) groups excluding carboxylic acids is 2. The molecule has 0 N–H and O–H groups in total. The topological polar surface area (TPSA) is 61.8 Å². The van der Waals surface area contributed by atoms with Gasteiger partial charge >= 0.3 is 11.9 Å². The lowest BCUT2D eigenvalue weighted by Gasteiger charge is -2.09. The minimum absolute atomic E-state index is 0.0844. The van der Waals surface area contributed by atoms with Gasteiger partial charge in [-0.3, -0.25) is 9.59 Å². The monoisotopic (exact) mass is 310 g/mol. The predicted molar refractivity (Wildman–Crippen MR) is 78.2 cm³/mol. The van der Waals surface area contributed by atoms with Crippen molar-refractivity contribution >= 4 is 11.9 Å². The largest absolute Gasteiger partial charge is 0.493 e. The van der Waals surface area contributed by atoms with Gasteiger partial charge in [0.05, 0.1) is 20.0 Å². The highest BCUT2D eigenvalue weighted by Gasteiger charge is 2.13. The molecule has 0 amide bonds. The van der Waals surface area contributed by atoms with E-state index in [1.54, 1.807) is 6.08 Å². The molecule has 120 valence electrons. The van der Waals surface area contributed by atoms with Crippen molar-refractivity contribution in [2.75, 3.05) is 13.7 Å². The molecule has 0 fully saturated rings. The second-order valence-corrected chi connectivity index (χ2v) is 4.73. The van der Waals surface area contributed by atoms with Gasteiger partial charge in [0, 0.05) is 6.07 Å². The summed E-state index contributed by atoms with van der Waals surface area (Å²) in [6, 6.07) is 3.55. The Kier molecular flexibility index (Phi) is 7.08. The highest BCUT2D eigenvalue weighted by atomic mass is 19.1. The third-order valence-corrected chi connectivity index (χ3v) is 2.62. The fraction of sp³-hybridized carbons (Fsp3) is 0.375. The Morgan fingerprint density at radius 3 is 2.45 bits per heavy atom. The highest BCUT2D eigenvalue weighted by Crippen LogP contribution is 2.27. The molecule has 0 atom stereocenters. The van der Waals surface area contributed by atoms with Gasteiger partial charge in [-0.15, -0.1) is 0 Å². The summed E-state index contributed by atoms with van der Waals surface area (Å²) >= 11 is 0. The van der Waals surface area contributed by atoms with E-state index < -0.39 is 17.8 Å². The van der Waals surface area contributed by atoms with Crippen molar-refractivity contribution in [1.29, 1.82) is 0 Å². The lowest BCUT2D eigenvalue weighted by Crippen LogP contribution is -2.13. The van der Waals surface area contributed by atoms with Gasteiger partial charge in [-0.25, -0.2) is 4.39 Å². The number of carbonyl (C=O) groups is 2. The second kappa shape index (κ2) is 8.81. The van der Waals surface area contributed by atoms with Crippen LogP contribution in [0.15, 0.2) is 29.8 Å². The number of hydrogen-bond acceptors (Lipinski definition) is 5. The summed E-state index contributed by atoms with van der Waals surface area (Å²) in [5.41, 5.74) is 1.04. The highest BCUT2D eigenvalue weighted by molar-refractivity contribution is 5.79. The van der Waals surface area contributed by atoms with Crippen molar-refractivity contribution in [2.24, 2.45) is 0 Å². The van der Waals surface area contributed by atoms with E-state index in [1.807, 2.05) is 13.8 Å². The van der Waals surface area contributed by atoms with Crippen LogP contribution in [-0.4, -0.2) is 25.7 Å². The number of ether oxygens (including phenoxy) is 3. The Labute approximate surface area is 128 Å². The molecule has 5 nitrogen and oxygen atoms in total. The van der Waals surface area contributed by atoms with Crippen molar-refractivity contribution in [1.82, 2.24) is 0 Å². The van der Waals surface area contributed by atoms with Crippen LogP contribution < -0.4 is 9.47 Å². The molecule has 0 saturated carbocycles. The van der Waals surface area contributed by atoms with Crippen LogP contribution in [0.2, 0.25) is 0 Å². The first-order valence-electron chi connectivity index (χ1n) is 6.75. The van der Waals surface area contributed by atoms with Crippen LogP contribution in [0.5, 0.6) is 11.5 Å². The molecule has 0 aliphatic heterocycles. The summed E-state index contributed by atoms with van der Waals surface area (Å²) < 4.78 is 27.9. The molecule has 0 aromatic heterocycles. The molecule has 0 unspecified atom stereocenters. The van der Waals surface area contributed by atoms with Crippen LogP contribution in [0.1, 0.15) is 26.7 Å². The maximum absolute atomic E-state index is 13.0. The fourth-order valence-electron chi connectivity index (χ4n) is 1.48. The zero-order chi connectivity index (χ0) is 16.5. The molecule has 0 radical (unpaired) electrons. The number of hydrogen-bond donors (Lipinski definition) is 0. The van der Waals surface area contributed by atoms with Gasteiger partial charge in [-0.2, -0.15) is 0 Å². The summed E-state index contributed by atoms with van der Waals surface area (Å²) in [6.07, 6.45) is 1.55. The van der Waals surface area contributed by atoms with Gasteiger partial charge in [-0.05, 0) is 32.1 Å². The Balaban J connectivity index is 2.43. The van der Waals surface area contributed by atoms with Crippen molar-refractivity contribution in [3.05, 3.63) is 35.7 Å². The third-order valence-electron chi connectivity index (χ3n) is 2.62. The van der Waals surface area contributed by atoms with Crippen molar-refractivity contribution in [2.45, 2.75) is 26.7 Å². The molecule has 0 spiro atoms. The van der Waals surface area contributed by atoms with E-state index in [-0.39, 0.29) is 30.9 Å². The molecule has 0 aliphatic rings. The van der Waals surface area contributed by atoms with Crippen LogP contribution in [0, 0.1) is 5.82 Å². The average Bonchev–Trinajstić information content (AvgIpc) is 2.46. The number of allylic oxidation sites excluding steroid dienone is 1. The summed E-state index contributed by atoms with van der Waals surface area (Å²) in [5, 5.41) is 0. The van der Waals surface area contributed by atoms with Gasteiger partial charge in [0.1, 0.15) is 12.4 Å². The van der Waals surface area contributed by atoms with Gasteiger partial charge in [0.15, 0.2) is 11.5 Å². The van der Waals surface area contributed by atoms with E-state index in [2.05, 4.69) is 0 Å². The van der Waals surface area contributed by atoms with E-state index in [1.165, 1.54) is 13.2 Å². The Hall–Kier alpha value is -2.37. The van der Waals surface area contributed by atoms with Crippen LogP contribution in [0.25, 0.3) is 0 Å². The van der Waals surface area contributed by atoms with Crippen molar-refractivity contribution < 1.29 is 28.2 Å². The first kappa shape index (κ1) is 17.7.